The van der Waals surface area contributed by atoms with E-state index in [1.165, 1.54) is 11.1 Å². The summed E-state index contributed by atoms with van der Waals surface area (Å²) in [7, 11) is 0. The number of aliphatic hydroxyl groups excluding tert-OH is 6. The third-order valence-corrected chi connectivity index (χ3v) is 12.9. The predicted octanol–water partition coefficient (Wildman–Crippen LogP) is 6.60. The highest BCUT2D eigenvalue weighted by Crippen LogP contribution is 2.40. The van der Waals surface area contributed by atoms with Gasteiger partial charge < -0.3 is 49.6 Å². The summed E-state index contributed by atoms with van der Waals surface area (Å²) in [6.07, 6.45) is 15.7. The maximum absolute atomic E-state index is 12.1. The molecule has 10 atom stereocenters. The van der Waals surface area contributed by atoms with Crippen molar-refractivity contribution in [2.45, 2.75) is 152 Å². The molecule has 64 heavy (non-hydrogen) atoms. The molecule has 0 heterocycles. The molecule has 2 aliphatic rings. The second kappa shape index (κ2) is 31.5. The average Bonchev–Trinajstić information content (AvgIpc) is 3.73. The monoisotopic (exact) mass is 895 g/mol. The second-order valence-electron chi connectivity index (χ2n) is 17.8. The lowest BCUT2D eigenvalue weighted by atomic mass is 9.85. The van der Waals surface area contributed by atoms with Gasteiger partial charge in [0.2, 0.25) is 0 Å². The van der Waals surface area contributed by atoms with Crippen LogP contribution in [0.15, 0.2) is 85.0 Å². The van der Waals surface area contributed by atoms with Gasteiger partial charge in [-0.3, -0.25) is 9.59 Å². The molecule has 2 aliphatic carbocycles. The van der Waals surface area contributed by atoms with E-state index in [0.29, 0.717) is 116 Å². The van der Waals surface area contributed by atoms with Crippen molar-refractivity contribution >= 4 is 11.9 Å². The van der Waals surface area contributed by atoms with Crippen molar-refractivity contribution in [3.8, 4) is 0 Å². The average molecular weight is 895 g/mol. The summed E-state index contributed by atoms with van der Waals surface area (Å²) >= 11 is 0. The molecular weight excluding hydrogens is 817 g/mol. The largest absolute Gasteiger partial charge is 0.463 e. The Bertz CT molecular complexity index is 1470. The van der Waals surface area contributed by atoms with Gasteiger partial charge in [-0.25, -0.2) is 0 Å². The van der Waals surface area contributed by atoms with Gasteiger partial charge in [0.05, 0.1) is 63.1 Å². The van der Waals surface area contributed by atoms with Gasteiger partial charge in [-0.15, -0.1) is 0 Å². The van der Waals surface area contributed by atoms with E-state index in [2.05, 4.69) is 24.3 Å². The van der Waals surface area contributed by atoms with Gasteiger partial charge in [-0.1, -0.05) is 85.0 Å². The maximum Gasteiger partial charge on any atom is 0.305 e. The highest BCUT2D eigenvalue weighted by Gasteiger charge is 2.41. The Morgan fingerprint density at radius 2 is 0.891 bits per heavy atom. The lowest BCUT2D eigenvalue weighted by Crippen LogP contribution is -2.23. The molecule has 0 saturated heterocycles. The van der Waals surface area contributed by atoms with Gasteiger partial charge >= 0.3 is 11.9 Å². The first-order valence-corrected chi connectivity index (χ1v) is 24.0. The molecule has 0 radical (unpaired) electrons. The van der Waals surface area contributed by atoms with Crippen LogP contribution in [-0.2, 0) is 41.4 Å². The van der Waals surface area contributed by atoms with Crippen LogP contribution in [0.3, 0.4) is 0 Å². The highest BCUT2D eigenvalue weighted by molar-refractivity contribution is 5.69. The minimum absolute atomic E-state index is 0.0530. The molecular formula is C52H78O12. The standard InChI is InChI=1S/C52H78O12/c53-41(25-23-39-15-7-5-8-16-39)27-29-45-43(47(55)37-49(45)57)19-11-1-3-13-21-51(59)63-35-33-61-31-32-62-34-36-64-52(60)22-14-4-2-12-20-44-46(50(58)38-48(44)56)30-28-42(54)26-24-40-17-9-6-10-18-40/h1-2,5-12,15-18,41-50,53-58H,3-4,13-14,19-38H2/b11-1-,12-2?/t41-,42-,43+,44+,45+,46+,47-,48-,49+,50+/m0/s1. The van der Waals surface area contributed by atoms with E-state index in [9.17, 15) is 40.2 Å². The van der Waals surface area contributed by atoms with E-state index in [0.717, 1.165) is 12.8 Å². The molecule has 4 rings (SSSR count). The Labute approximate surface area is 381 Å². The van der Waals surface area contributed by atoms with Crippen molar-refractivity contribution in [2.24, 2.45) is 23.7 Å². The molecule has 358 valence electrons. The normalized spacial score (nSPS) is 24.4. The number of carbonyl (C=O) groups excluding carboxylic acids is 2. The lowest BCUT2D eigenvalue weighted by Gasteiger charge is -2.23. The van der Waals surface area contributed by atoms with Crippen molar-refractivity contribution in [1.82, 2.24) is 0 Å². The fraction of sp³-hybridized carbons (Fsp3) is 0.654. The third kappa shape index (κ3) is 21.2. The number of carbonyl (C=O) groups is 2. The molecule has 2 aromatic carbocycles. The van der Waals surface area contributed by atoms with Crippen LogP contribution in [0.4, 0.5) is 0 Å². The number of benzene rings is 2. The Hall–Kier alpha value is -3.46. The zero-order chi connectivity index (χ0) is 45.8. The van der Waals surface area contributed by atoms with Gasteiger partial charge in [0.25, 0.3) is 0 Å². The number of hydrogen-bond acceptors (Lipinski definition) is 12. The number of esters is 2. The fourth-order valence-corrected chi connectivity index (χ4v) is 9.19. The van der Waals surface area contributed by atoms with Crippen molar-refractivity contribution in [1.29, 1.82) is 0 Å². The van der Waals surface area contributed by atoms with Crippen LogP contribution < -0.4 is 0 Å². The molecule has 12 nitrogen and oxygen atoms in total. The van der Waals surface area contributed by atoms with Crippen molar-refractivity contribution in [3.05, 3.63) is 96.1 Å². The fourth-order valence-electron chi connectivity index (χ4n) is 9.19. The van der Waals surface area contributed by atoms with Crippen molar-refractivity contribution in [3.63, 3.8) is 0 Å². The molecule has 6 N–H and O–H groups in total. The number of ether oxygens (including phenoxy) is 4. The first-order chi connectivity index (χ1) is 31.1. The van der Waals surface area contributed by atoms with E-state index in [1.807, 2.05) is 60.7 Å². The summed E-state index contributed by atoms with van der Waals surface area (Å²) < 4.78 is 21.4. The number of aryl methyl sites for hydroxylation is 2. The van der Waals surface area contributed by atoms with Crippen LogP contribution in [0.25, 0.3) is 0 Å². The number of aliphatic hydroxyl groups is 6. The van der Waals surface area contributed by atoms with Crippen molar-refractivity contribution < 1.29 is 59.2 Å². The SMILES string of the molecule is O=C(CCCC=CC[C@@H]1[C@@H](CC[C@@H](O)CCc2ccccc2)[C@H](O)C[C@@H]1O)OCCOCCOCCOC(=O)CCC/C=C\C[C@@H]1[C@@H](CC[C@@H](O)CCc2ccccc2)[C@H](O)C[C@@H]1O. The minimum atomic E-state index is -0.568. The Balaban J connectivity index is 0.917. The first kappa shape index (κ1) is 53.2. The summed E-state index contributed by atoms with van der Waals surface area (Å²) in [5.74, 6) is -0.790. The van der Waals surface area contributed by atoms with Gasteiger partial charge in [-0.2, -0.15) is 0 Å². The van der Waals surface area contributed by atoms with Crippen LogP contribution in [0.5, 0.6) is 0 Å². The Morgan fingerprint density at radius 1 is 0.516 bits per heavy atom. The number of allylic oxidation sites excluding steroid dienone is 4. The molecule has 12 heteroatoms. The van der Waals surface area contributed by atoms with E-state index >= 15 is 0 Å². The maximum atomic E-state index is 12.1. The molecule has 0 aromatic heterocycles. The molecule has 2 fully saturated rings. The summed E-state index contributed by atoms with van der Waals surface area (Å²) in [5, 5.41) is 63.4. The second-order valence-corrected chi connectivity index (χ2v) is 17.8. The van der Waals surface area contributed by atoms with E-state index in [4.69, 9.17) is 18.9 Å². The predicted molar refractivity (Wildman–Crippen MR) is 246 cm³/mol. The number of hydrogen-bond donors (Lipinski definition) is 6. The smallest absolute Gasteiger partial charge is 0.305 e. The summed E-state index contributed by atoms with van der Waals surface area (Å²) in [6.45, 7) is 1.45. The molecule has 0 amide bonds. The van der Waals surface area contributed by atoms with E-state index in [1.54, 1.807) is 0 Å². The summed E-state index contributed by atoms with van der Waals surface area (Å²) in [6, 6.07) is 20.2. The number of unbranched alkanes of at least 4 members (excludes halogenated alkanes) is 2. The van der Waals surface area contributed by atoms with Crippen LogP contribution in [-0.4, -0.2) is 119 Å². The van der Waals surface area contributed by atoms with E-state index in [-0.39, 0.29) is 62.0 Å². The first-order valence-electron chi connectivity index (χ1n) is 24.0. The number of rotatable bonds is 33. The zero-order valence-corrected chi connectivity index (χ0v) is 38.0. The van der Waals surface area contributed by atoms with E-state index < -0.39 is 36.6 Å². The molecule has 0 aliphatic heterocycles. The van der Waals surface area contributed by atoms with Crippen LogP contribution >= 0.6 is 0 Å². The van der Waals surface area contributed by atoms with Crippen molar-refractivity contribution in [2.75, 3.05) is 39.6 Å². The highest BCUT2D eigenvalue weighted by atomic mass is 16.6. The molecule has 2 saturated carbocycles. The molecule has 0 unspecified atom stereocenters. The van der Waals surface area contributed by atoms with Crippen LogP contribution in [0.2, 0.25) is 0 Å². The summed E-state index contributed by atoms with van der Waals surface area (Å²) in [5.41, 5.74) is 2.39. The lowest BCUT2D eigenvalue weighted by molar-refractivity contribution is -0.147. The quantitative estimate of drug-likeness (QED) is 0.0256. The Morgan fingerprint density at radius 3 is 1.30 bits per heavy atom. The van der Waals surface area contributed by atoms with Crippen LogP contribution in [0, 0.1) is 23.7 Å². The molecule has 2 aromatic rings. The van der Waals surface area contributed by atoms with Gasteiger partial charge in [0, 0.05) is 12.8 Å². The zero-order valence-electron chi connectivity index (χ0n) is 38.0. The minimum Gasteiger partial charge on any atom is -0.463 e. The van der Waals surface area contributed by atoms with Gasteiger partial charge in [-0.05, 0) is 138 Å². The molecule has 0 spiro atoms. The molecule has 0 bridgehead atoms. The van der Waals surface area contributed by atoms with Crippen LogP contribution in [0.1, 0.15) is 114 Å². The Kier molecular flexibility index (Phi) is 26.1. The van der Waals surface area contributed by atoms with Gasteiger partial charge in [0.1, 0.15) is 13.2 Å². The topological polar surface area (TPSA) is 192 Å². The third-order valence-electron chi connectivity index (χ3n) is 12.9. The summed E-state index contributed by atoms with van der Waals surface area (Å²) in [4.78, 5) is 24.2. The van der Waals surface area contributed by atoms with Gasteiger partial charge in [0.15, 0.2) is 0 Å².